The van der Waals surface area contributed by atoms with Gasteiger partial charge in [0.1, 0.15) is 5.60 Å². The van der Waals surface area contributed by atoms with Crippen molar-refractivity contribution >= 4 is 17.1 Å². The Morgan fingerprint density at radius 3 is 1.57 bits per heavy atom. The molecule has 0 heterocycles. The maximum Gasteiger partial charge on any atom is 0.142 e. The molecule has 23 heavy (non-hydrogen) atoms. The van der Waals surface area contributed by atoms with Gasteiger partial charge in [-0.1, -0.05) is 66.7 Å². The van der Waals surface area contributed by atoms with Crippen LogP contribution in [0, 0.1) is 0 Å². The molecule has 0 saturated carbocycles. The molecule has 0 spiro atoms. The van der Waals surface area contributed by atoms with Gasteiger partial charge in [0, 0.05) is 5.56 Å². The molecule has 3 rings (SSSR count). The van der Waals surface area contributed by atoms with Crippen molar-refractivity contribution in [2.75, 3.05) is 17.2 Å². The number of benzene rings is 3. The molecule has 0 radical (unpaired) electrons. The van der Waals surface area contributed by atoms with E-state index in [2.05, 4.69) is 0 Å². The van der Waals surface area contributed by atoms with Crippen molar-refractivity contribution in [1.29, 1.82) is 0 Å². The second kappa shape index (κ2) is 5.66. The lowest BCUT2D eigenvalue weighted by atomic mass is 9.79. The molecule has 116 valence electrons. The van der Waals surface area contributed by atoms with Gasteiger partial charge in [-0.3, -0.25) is 0 Å². The Morgan fingerprint density at radius 1 is 0.609 bits per heavy atom. The standard InChI is InChI=1S/C19H19N3O/c20-16-12-11-15(17(21)18(16)22)19(23,13-7-3-1-4-8-13)14-9-5-2-6-10-14/h1-12,23H,20-22H2. The lowest BCUT2D eigenvalue weighted by molar-refractivity contribution is 0.126. The molecule has 3 aromatic rings. The van der Waals surface area contributed by atoms with Crippen LogP contribution in [0.3, 0.4) is 0 Å². The van der Waals surface area contributed by atoms with Crippen LogP contribution in [-0.4, -0.2) is 5.11 Å². The fraction of sp³-hybridized carbons (Fsp3) is 0.0526. The zero-order valence-corrected chi connectivity index (χ0v) is 12.6. The van der Waals surface area contributed by atoms with E-state index < -0.39 is 5.60 Å². The predicted molar refractivity (Wildman–Crippen MR) is 94.7 cm³/mol. The third-order valence-electron chi connectivity index (χ3n) is 4.09. The Bertz CT molecular complexity index is 777. The van der Waals surface area contributed by atoms with Crippen molar-refractivity contribution in [2.45, 2.75) is 5.60 Å². The van der Waals surface area contributed by atoms with Crippen LogP contribution in [0.5, 0.6) is 0 Å². The molecule has 0 aliphatic heterocycles. The van der Waals surface area contributed by atoms with Crippen molar-refractivity contribution < 1.29 is 5.11 Å². The number of hydrogen-bond acceptors (Lipinski definition) is 4. The molecular weight excluding hydrogens is 286 g/mol. The first-order valence-corrected chi connectivity index (χ1v) is 7.32. The summed E-state index contributed by atoms with van der Waals surface area (Å²) < 4.78 is 0. The lowest BCUT2D eigenvalue weighted by Gasteiger charge is -2.31. The van der Waals surface area contributed by atoms with Gasteiger partial charge in [-0.15, -0.1) is 0 Å². The lowest BCUT2D eigenvalue weighted by Crippen LogP contribution is -2.30. The second-order valence-corrected chi connectivity index (χ2v) is 5.47. The van der Waals surface area contributed by atoms with Crippen LogP contribution in [0.4, 0.5) is 17.1 Å². The number of nitrogen functional groups attached to an aromatic ring is 3. The molecule has 0 atom stereocenters. The van der Waals surface area contributed by atoms with Crippen LogP contribution in [0.15, 0.2) is 72.8 Å². The van der Waals surface area contributed by atoms with Crippen LogP contribution >= 0.6 is 0 Å². The molecule has 0 fully saturated rings. The SMILES string of the molecule is Nc1ccc(C(O)(c2ccccc2)c2ccccc2)c(N)c1N. The summed E-state index contributed by atoms with van der Waals surface area (Å²) in [5, 5.41) is 11.6. The molecule has 0 bridgehead atoms. The summed E-state index contributed by atoms with van der Waals surface area (Å²) in [5.41, 5.74) is 19.5. The Hall–Kier alpha value is -2.98. The summed E-state index contributed by atoms with van der Waals surface area (Å²) in [4.78, 5) is 0. The van der Waals surface area contributed by atoms with Gasteiger partial charge < -0.3 is 22.3 Å². The number of nitrogens with two attached hydrogens (primary N) is 3. The van der Waals surface area contributed by atoms with Crippen molar-refractivity contribution in [3.63, 3.8) is 0 Å². The highest BCUT2D eigenvalue weighted by molar-refractivity contribution is 5.81. The van der Waals surface area contributed by atoms with E-state index in [4.69, 9.17) is 17.2 Å². The molecule has 4 nitrogen and oxygen atoms in total. The summed E-state index contributed by atoms with van der Waals surface area (Å²) in [7, 11) is 0. The maximum absolute atomic E-state index is 11.6. The van der Waals surface area contributed by atoms with Crippen LogP contribution in [0.2, 0.25) is 0 Å². The fourth-order valence-corrected chi connectivity index (χ4v) is 2.81. The van der Waals surface area contributed by atoms with Gasteiger partial charge in [0.2, 0.25) is 0 Å². The van der Waals surface area contributed by atoms with E-state index in [1.165, 1.54) is 0 Å². The number of hydrogen-bond donors (Lipinski definition) is 4. The molecule has 0 saturated heterocycles. The average molecular weight is 305 g/mol. The van der Waals surface area contributed by atoms with E-state index in [0.29, 0.717) is 28.1 Å². The quantitative estimate of drug-likeness (QED) is 0.442. The molecule has 7 N–H and O–H groups in total. The van der Waals surface area contributed by atoms with Crippen molar-refractivity contribution in [2.24, 2.45) is 0 Å². The van der Waals surface area contributed by atoms with Crippen molar-refractivity contribution in [3.05, 3.63) is 89.5 Å². The molecule has 3 aromatic carbocycles. The summed E-state index contributed by atoms with van der Waals surface area (Å²) >= 11 is 0. The van der Waals surface area contributed by atoms with Crippen molar-refractivity contribution in [1.82, 2.24) is 0 Å². The van der Waals surface area contributed by atoms with Gasteiger partial charge in [0.15, 0.2) is 0 Å². The normalized spacial score (nSPS) is 11.3. The zero-order chi connectivity index (χ0) is 16.4. The Labute approximate surface area is 135 Å². The molecule has 0 aromatic heterocycles. The highest BCUT2D eigenvalue weighted by Gasteiger charge is 2.36. The Kier molecular flexibility index (Phi) is 3.68. The largest absolute Gasteiger partial charge is 0.397 e. The van der Waals surface area contributed by atoms with E-state index in [9.17, 15) is 5.11 Å². The molecule has 0 aliphatic rings. The van der Waals surface area contributed by atoms with E-state index in [-0.39, 0.29) is 5.69 Å². The minimum absolute atomic E-state index is 0.285. The first-order valence-electron chi connectivity index (χ1n) is 7.32. The third-order valence-corrected chi connectivity index (χ3v) is 4.09. The molecule has 0 unspecified atom stereocenters. The van der Waals surface area contributed by atoms with Crippen molar-refractivity contribution in [3.8, 4) is 0 Å². The Balaban J connectivity index is 2.32. The minimum Gasteiger partial charge on any atom is -0.397 e. The van der Waals surface area contributed by atoms with Crippen LogP contribution in [0.1, 0.15) is 16.7 Å². The van der Waals surface area contributed by atoms with Crippen LogP contribution < -0.4 is 17.2 Å². The minimum atomic E-state index is -1.41. The van der Waals surface area contributed by atoms with Crippen LogP contribution in [-0.2, 0) is 5.60 Å². The fourth-order valence-electron chi connectivity index (χ4n) is 2.81. The van der Waals surface area contributed by atoms with Gasteiger partial charge >= 0.3 is 0 Å². The third kappa shape index (κ3) is 2.39. The predicted octanol–water partition coefficient (Wildman–Crippen LogP) is 2.72. The second-order valence-electron chi connectivity index (χ2n) is 5.47. The number of aliphatic hydroxyl groups is 1. The van der Waals surface area contributed by atoms with Gasteiger partial charge in [-0.2, -0.15) is 0 Å². The highest BCUT2D eigenvalue weighted by atomic mass is 16.3. The maximum atomic E-state index is 11.6. The van der Waals surface area contributed by atoms with E-state index in [1.54, 1.807) is 12.1 Å². The first-order chi connectivity index (χ1) is 11.0. The molecule has 0 amide bonds. The van der Waals surface area contributed by atoms with Gasteiger partial charge in [0.05, 0.1) is 17.1 Å². The molecule has 4 heteroatoms. The number of rotatable bonds is 3. The van der Waals surface area contributed by atoms with Gasteiger partial charge in [0.25, 0.3) is 0 Å². The Morgan fingerprint density at radius 2 is 1.09 bits per heavy atom. The topological polar surface area (TPSA) is 98.3 Å². The van der Waals surface area contributed by atoms with Gasteiger partial charge in [-0.05, 0) is 17.2 Å². The smallest absolute Gasteiger partial charge is 0.142 e. The summed E-state index contributed by atoms with van der Waals surface area (Å²) in [6, 6.07) is 22.1. The number of anilines is 3. The van der Waals surface area contributed by atoms with E-state index in [0.717, 1.165) is 0 Å². The summed E-state index contributed by atoms with van der Waals surface area (Å²) in [5.74, 6) is 0. The first kappa shape index (κ1) is 14.9. The monoisotopic (exact) mass is 305 g/mol. The van der Waals surface area contributed by atoms with Crippen LogP contribution in [0.25, 0.3) is 0 Å². The molecular formula is C19H19N3O. The highest BCUT2D eigenvalue weighted by Crippen LogP contribution is 2.42. The molecule has 0 aliphatic carbocycles. The average Bonchev–Trinajstić information content (AvgIpc) is 2.61. The zero-order valence-electron chi connectivity index (χ0n) is 12.6. The summed E-state index contributed by atoms with van der Waals surface area (Å²) in [6.45, 7) is 0. The summed E-state index contributed by atoms with van der Waals surface area (Å²) in [6.07, 6.45) is 0. The van der Waals surface area contributed by atoms with E-state index >= 15 is 0 Å². The van der Waals surface area contributed by atoms with Gasteiger partial charge in [-0.25, -0.2) is 0 Å². The van der Waals surface area contributed by atoms with E-state index in [1.807, 2.05) is 60.7 Å².